The Bertz CT molecular complexity index is 795. The van der Waals surface area contributed by atoms with Crippen molar-refractivity contribution in [2.45, 2.75) is 25.2 Å². The zero-order chi connectivity index (χ0) is 17.6. The predicted octanol–water partition coefficient (Wildman–Crippen LogP) is 2.05. The number of imidazole rings is 1. The van der Waals surface area contributed by atoms with Gasteiger partial charge in [0.2, 0.25) is 11.9 Å². The average molecular weight is 349 g/mol. The van der Waals surface area contributed by atoms with Crippen LogP contribution in [-0.4, -0.2) is 57.4 Å². The number of aromatic nitrogens is 3. The first-order valence-corrected chi connectivity index (χ1v) is 8.64. The molecule has 2 aliphatic heterocycles. The number of halogens is 2. The van der Waals surface area contributed by atoms with Crippen molar-refractivity contribution in [3.8, 4) is 0 Å². The fourth-order valence-electron chi connectivity index (χ4n) is 3.75. The van der Waals surface area contributed by atoms with Gasteiger partial charge in [-0.05, 0) is 18.6 Å². The molecule has 6 nitrogen and oxygen atoms in total. The summed E-state index contributed by atoms with van der Waals surface area (Å²) in [6.07, 6.45) is 2.00. The Morgan fingerprint density at radius 2 is 2.04 bits per heavy atom. The van der Waals surface area contributed by atoms with Crippen LogP contribution in [0.5, 0.6) is 0 Å². The molecule has 0 aliphatic carbocycles. The van der Waals surface area contributed by atoms with Crippen LogP contribution in [0.15, 0.2) is 18.3 Å². The quantitative estimate of drug-likeness (QED) is 0.833. The molecule has 25 heavy (non-hydrogen) atoms. The number of anilines is 1. The summed E-state index contributed by atoms with van der Waals surface area (Å²) in [5.74, 6) is -1.98. The van der Waals surface area contributed by atoms with E-state index in [0.29, 0.717) is 6.54 Å². The summed E-state index contributed by atoms with van der Waals surface area (Å²) in [5, 5.41) is 0. The largest absolute Gasteiger partial charge is 0.342 e. The fourth-order valence-corrected chi connectivity index (χ4v) is 3.75. The summed E-state index contributed by atoms with van der Waals surface area (Å²) in [7, 11) is 1.92. The Morgan fingerprint density at radius 1 is 1.28 bits per heavy atom. The van der Waals surface area contributed by atoms with Crippen molar-refractivity contribution in [3.63, 3.8) is 0 Å². The number of nitrogens with zero attached hydrogens (tertiary/aromatic N) is 5. The van der Waals surface area contributed by atoms with Crippen LogP contribution in [0.3, 0.4) is 0 Å². The fraction of sp³-hybridized carbons (Fsp3) is 0.588. The SMILES string of the molecule is Cn1c(N2CCC(C(=O)N3CCC(F)(F)CC3)C2)nc2cccnc21. The zero-order valence-corrected chi connectivity index (χ0v) is 14.2. The molecule has 0 N–H and O–H groups in total. The molecule has 1 atom stereocenters. The Hall–Kier alpha value is -2.25. The number of hydrogen-bond donors (Lipinski definition) is 0. The van der Waals surface area contributed by atoms with Gasteiger partial charge < -0.3 is 9.80 Å². The third kappa shape index (κ3) is 2.94. The highest BCUT2D eigenvalue weighted by Gasteiger charge is 2.39. The molecule has 2 saturated heterocycles. The van der Waals surface area contributed by atoms with Gasteiger partial charge in [0.05, 0.1) is 5.92 Å². The number of pyridine rings is 1. The number of rotatable bonds is 2. The van der Waals surface area contributed by atoms with Crippen LogP contribution in [0.2, 0.25) is 0 Å². The number of aryl methyl sites for hydroxylation is 1. The number of carbonyl (C=O) groups excluding carboxylic acids is 1. The van der Waals surface area contributed by atoms with E-state index in [0.717, 1.165) is 30.1 Å². The summed E-state index contributed by atoms with van der Waals surface area (Å²) in [6, 6.07) is 3.76. The molecule has 1 unspecified atom stereocenters. The van der Waals surface area contributed by atoms with Gasteiger partial charge in [-0.1, -0.05) is 0 Å². The first-order valence-electron chi connectivity index (χ1n) is 8.64. The van der Waals surface area contributed by atoms with E-state index < -0.39 is 5.92 Å². The summed E-state index contributed by atoms with van der Waals surface area (Å²) in [6.45, 7) is 1.61. The molecule has 134 valence electrons. The maximum Gasteiger partial charge on any atom is 0.251 e. The molecule has 0 radical (unpaired) electrons. The third-order valence-electron chi connectivity index (χ3n) is 5.23. The lowest BCUT2D eigenvalue weighted by molar-refractivity contribution is -0.140. The Kier molecular flexibility index (Phi) is 3.85. The van der Waals surface area contributed by atoms with Gasteiger partial charge in [0.1, 0.15) is 5.52 Å². The van der Waals surface area contributed by atoms with E-state index >= 15 is 0 Å². The van der Waals surface area contributed by atoms with Crippen molar-refractivity contribution >= 4 is 23.0 Å². The second kappa shape index (κ2) is 5.93. The Balaban J connectivity index is 1.46. The van der Waals surface area contributed by atoms with E-state index in [2.05, 4.69) is 14.9 Å². The highest BCUT2D eigenvalue weighted by molar-refractivity contribution is 5.81. The number of hydrogen-bond acceptors (Lipinski definition) is 4. The van der Waals surface area contributed by atoms with Crippen molar-refractivity contribution < 1.29 is 13.6 Å². The number of carbonyl (C=O) groups is 1. The summed E-state index contributed by atoms with van der Waals surface area (Å²) in [4.78, 5) is 25.3. The van der Waals surface area contributed by atoms with Gasteiger partial charge in [-0.25, -0.2) is 18.7 Å². The van der Waals surface area contributed by atoms with Crippen LogP contribution in [0, 0.1) is 5.92 Å². The molecule has 4 heterocycles. The van der Waals surface area contributed by atoms with Gasteiger partial charge in [-0.15, -0.1) is 0 Å². The molecule has 0 spiro atoms. The molecule has 0 saturated carbocycles. The standard InChI is InChI=1S/C17H21F2N5O/c1-22-14-13(3-2-7-20-14)21-16(22)24-8-4-12(11-24)15(25)23-9-5-17(18,19)6-10-23/h2-3,7,12H,4-6,8-11H2,1H3. The second-order valence-corrected chi connectivity index (χ2v) is 6.93. The highest BCUT2D eigenvalue weighted by atomic mass is 19.3. The lowest BCUT2D eigenvalue weighted by atomic mass is 10.0. The Labute approximate surface area is 144 Å². The molecule has 4 rings (SSSR count). The third-order valence-corrected chi connectivity index (χ3v) is 5.23. The van der Waals surface area contributed by atoms with Gasteiger partial charge in [-0.2, -0.15) is 0 Å². The average Bonchev–Trinajstić information content (AvgIpc) is 3.20. The van der Waals surface area contributed by atoms with E-state index in [4.69, 9.17) is 0 Å². The molecule has 2 aliphatic rings. The van der Waals surface area contributed by atoms with Gasteiger partial charge in [0.25, 0.3) is 5.92 Å². The minimum absolute atomic E-state index is 0.00473. The van der Waals surface area contributed by atoms with Crippen LogP contribution in [0.4, 0.5) is 14.7 Å². The summed E-state index contributed by atoms with van der Waals surface area (Å²) >= 11 is 0. The van der Waals surface area contributed by atoms with E-state index in [-0.39, 0.29) is 37.8 Å². The minimum Gasteiger partial charge on any atom is -0.342 e. The van der Waals surface area contributed by atoms with Crippen molar-refractivity contribution in [2.24, 2.45) is 13.0 Å². The number of likely N-dealkylation sites (tertiary alicyclic amines) is 1. The first kappa shape index (κ1) is 16.2. The predicted molar refractivity (Wildman–Crippen MR) is 89.6 cm³/mol. The molecule has 8 heteroatoms. The van der Waals surface area contributed by atoms with Crippen LogP contribution < -0.4 is 4.90 Å². The van der Waals surface area contributed by atoms with Crippen molar-refractivity contribution in [1.29, 1.82) is 0 Å². The van der Waals surface area contributed by atoms with E-state index in [1.54, 1.807) is 11.1 Å². The van der Waals surface area contributed by atoms with Gasteiger partial charge in [-0.3, -0.25) is 9.36 Å². The van der Waals surface area contributed by atoms with Crippen LogP contribution in [-0.2, 0) is 11.8 Å². The second-order valence-electron chi connectivity index (χ2n) is 6.93. The Morgan fingerprint density at radius 3 is 2.76 bits per heavy atom. The molecular weight excluding hydrogens is 328 g/mol. The van der Waals surface area contributed by atoms with E-state index in [9.17, 15) is 13.6 Å². The van der Waals surface area contributed by atoms with E-state index in [1.807, 2.05) is 23.7 Å². The van der Waals surface area contributed by atoms with Gasteiger partial charge in [0.15, 0.2) is 5.65 Å². The molecule has 2 aromatic rings. The van der Waals surface area contributed by atoms with Crippen molar-refractivity contribution in [1.82, 2.24) is 19.4 Å². The molecule has 2 aromatic heterocycles. The number of piperidine rings is 1. The van der Waals surface area contributed by atoms with Gasteiger partial charge in [0, 0.05) is 52.3 Å². The van der Waals surface area contributed by atoms with Crippen LogP contribution >= 0.6 is 0 Å². The molecule has 0 aromatic carbocycles. The maximum atomic E-state index is 13.3. The van der Waals surface area contributed by atoms with Gasteiger partial charge >= 0.3 is 0 Å². The molecule has 2 fully saturated rings. The summed E-state index contributed by atoms with van der Waals surface area (Å²) in [5.41, 5.74) is 1.64. The number of fused-ring (bicyclic) bond motifs is 1. The van der Waals surface area contributed by atoms with Crippen LogP contribution in [0.1, 0.15) is 19.3 Å². The minimum atomic E-state index is -2.63. The van der Waals surface area contributed by atoms with Crippen molar-refractivity contribution in [2.75, 3.05) is 31.1 Å². The number of amides is 1. The topological polar surface area (TPSA) is 54.3 Å². The summed E-state index contributed by atoms with van der Waals surface area (Å²) < 4.78 is 28.5. The van der Waals surface area contributed by atoms with Crippen molar-refractivity contribution in [3.05, 3.63) is 18.3 Å². The lowest BCUT2D eigenvalue weighted by Gasteiger charge is -2.33. The maximum absolute atomic E-state index is 13.3. The number of alkyl halides is 2. The highest BCUT2D eigenvalue weighted by Crippen LogP contribution is 2.31. The zero-order valence-electron chi connectivity index (χ0n) is 14.2. The lowest BCUT2D eigenvalue weighted by Crippen LogP contribution is -2.45. The normalized spacial score (nSPS) is 23.4. The monoisotopic (exact) mass is 349 g/mol. The van der Waals surface area contributed by atoms with Crippen LogP contribution in [0.25, 0.3) is 11.2 Å². The first-order chi connectivity index (χ1) is 11.9. The smallest absolute Gasteiger partial charge is 0.251 e. The van der Waals surface area contributed by atoms with E-state index in [1.165, 1.54) is 0 Å². The molecular formula is C17H21F2N5O. The molecule has 1 amide bonds. The molecule has 0 bridgehead atoms.